The number of rotatable bonds is 2. The van der Waals surface area contributed by atoms with Crippen molar-refractivity contribution in [1.29, 1.82) is 0 Å². The van der Waals surface area contributed by atoms with Crippen molar-refractivity contribution in [3.8, 4) is 11.5 Å². The van der Waals surface area contributed by atoms with Gasteiger partial charge in [0, 0.05) is 5.41 Å². The van der Waals surface area contributed by atoms with Crippen molar-refractivity contribution in [3.05, 3.63) is 57.6 Å². The van der Waals surface area contributed by atoms with E-state index in [1.807, 2.05) is 26.0 Å². The van der Waals surface area contributed by atoms with Crippen LogP contribution in [0.5, 0.6) is 11.5 Å². The van der Waals surface area contributed by atoms with Crippen molar-refractivity contribution in [2.45, 2.75) is 65.2 Å². The lowest BCUT2D eigenvalue weighted by Crippen LogP contribution is -2.32. The summed E-state index contributed by atoms with van der Waals surface area (Å²) in [5.74, 6) is 0.752. The summed E-state index contributed by atoms with van der Waals surface area (Å²) in [4.78, 5) is 0. The lowest BCUT2D eigenvalue weighted by molar-refractivity contribution is 0.342. The van der Waals surface area contributed by atoms with Gasteiger partial charge in [0.25, 0.3) is 0 Å². The van der Waals surface area contributed by atoms with Crippen LogP contribution in [0, 0.1) is 27.7 Å². The third-order valence-electron chi connectivity index (χ3n) is 6.26. The molecule has 0 bridgehead atoms. The van der Waals surface area contributed by atoms with E-state index in [9.17, 15) is 10.2 Å². The predicted molar refractivity (Wildman–Crippen MR) is 99.0 cm³/mol. The third-order valence-corrected chi connectivity index (χ3v) is 6.26. The lowest BCUT2D eigenvalue weighted by Gasteiger charge is -2.41. The molecular weight excluding hydrogens is 296 g/mol. The summed E-state index contributed by atoms with van der Waals surface area (Å²) in [6, 6.07) is 7.92. The van der Waals surface area contributed by atoms with Crippen molar-refractivity contribution in [1.82, 2.24) is 0 Å². The van der Waals surface area contributed by atoms with Gasteiger partial charge in [0.15, 0.2) is 0 Å². The fourth-order valence-corrected chi connectivity index (χ4v) is 4.49. The van der Waals surface area contributed by atoms with Gasteiger partial charge in [-0.1, -0.05) is 31.4 Å². The molecule has 0 aromatic heterocycles. The molecular formula is C22H28O2. The Labute approximate surface area is 145 Å². The first kappa shape index (κ1) is 16.9. The normalized spacial score (nSPS) is 17.0. The minimum atomic E-state index is -0.0106. The lowest BCUT2D eigenvalue weighted by atomic mass is 9.62. The molecule has 24 heavy (non-hydrogen) atoms. The van der Waals surface area contributed by atoms with Crippen molar-refractivity contribution >= 4 is 0 Å². The Balaban J connectivity index is 2.28. The fourth-order valence-electron chi connectivity index (χ4n) is 4.49. The van der Waals surface area contributed by atoms with E-state index in [0.29, 0.717) is 11.5 Å². The maximum absolute atomic E-state index is 10.1. The average molecular weight is 324 g/mol. The van der Waals surface area contributed by atoms with Crippen LogP contribution in [-0.2, 0) is 5.41 Å². The summed E-state index contributed by atoms with van der Waals surface area (Å²) in [7, 11) is 0. The zero-order valence-corrected chi connectivity index (χ0v) is 15.2. The highest BCUT2D eigenvalue weighted by Crippen LogP contribution is 2.49. The van der Waals surface area contributed by atoms with Crippen LogP contribution in [0.15, 0.2) is 24.3 Å². The maximum Gasteiger partial charge on any atom is 0.118 e. The van der Waals surface area contributed by atoms with Crippen LogP contribution in [-0.4, -0.2) is 10.2 Å². The van der Waals surface area contributed by atoms with Gasteiger partial charge in [0.05, 0.1) is 0 Å². The molecule has 2 heteroatoms. The topological polar surface area (TPSA) is 40.5 Å². The Bertz CT molecular complexity index is 709. The highest BCUT2D eigenvalue weighted by Gasteiger charge is 2.38. The smallest absolute Gasteiger partial charge is 0.118 e. The van der Waals surface area contributed by atoms with Crippen LogP contribution in [0.3, 0.4) is 0 Å². The summed E-state index contributed by atoms with van der Waals surface area (Å²) < 4.78 is 0. The highest BCUT2D eigenvalue weighted by atomic mass is 16.3. The van der Waals surface area contributed by atoms with E-state index in [1.54, 1.807) is 0 Å². The first-order chi connectivity index (χ1) is 11.4. The Hall–Kier alpha value is -1.96. The predicted octanol–water partition coefficient (Wildman–Crippen LogP) is 5.58. The first-order valence-corrected chi connectivity index (χ1v) is 8.98. The van der Waals surface area contributed by atoms with E-state index in [4.69, 9.17) is 0 Å². The van der Waals surface area contributed by atoms with Crippen molar-refractivity contribution in [2.75, 3.05) is 0 Å². The van der Waals surface area contributed by atoms with Crippen LogP contribution in [0.25, 0.3) is 0 Å². The molecule has 0 heterocycles. The molecule has 3 rings (SSSR count). The summed E-state index contributed by atoms with van der Waals surface area (Å²) in [6.45, 7) is 8.26. The quantitative estimate of drug-likeness (QED) is 0.757. The Morgan fingerprint density at radius 2 is 1.04 bits per heavy atom. The standard InChI is InChI=1S/C22H28O2/c1-14-16(3)20(23)10-8-18(14)22(12-6-5-7-13-22)19-9-11-21(24)17(4)15(19)2/h8-11,23-24H,5-7,12-13H2,1-4H3. The van der Waals surface area contributed by atoms with E-state index in [-0.39, 0.29) is 5.41 Å². The van der Waals surface area contributed by atoms with Crippen LogP contribution in [0.4, 0.5) is 0 Å². The zero-order valence-electron chi connectivity index (χ0n) is 15.2. The fraction of sp³-hybridized carbons (Fsp3) is 0.455. The molecule has 0 radical (unpaired) electrons. The van der Waals surface area contributed by atoms with Crippen LogP contribution in [0.2, 0.25) is 0 Å². The van der Waals surface area contributed by atoms with Gasteiger partial charge in [0.2, 0.25) is 0 Å². The Morgan fingerprint density at radius 3 is 1.46 bits per heavy atom. The molecule has 128 valence electrons. The zero-order chi connectivity index (χ0) is 17.5. The van der Waals surface area contributed by atoms with E-state index >= 15 is 0 Å². The number of hydrogen-bond donors (Lipinski definition) is 2. The molecule has 1 aliphatic carbocycles. The minimum absolute atomic E-state index is 0.0106. The molecule has 0 aliphatic heterocycles. The summed E-state index contributed by atoms with van der Waals surface area (Å²) in [6.07, 6.45) is 5.98. The van der Waals surface area contributed by atoms with Gasteiger partial charge in [-0.25, -0.2) is 0 Å². The SMILES string of the molecule is Cc1c(O)ccc(C2(c3ccc(O)c(C)c3C)CCCCC2)c1C. The van der Waals surface area contributed by atoms with Crippen molar-refractivity contribution in [2.24, 2.45) is 0 Å². The van der Waals surface area contributed by atoms with Gasteiger partial charge in [-0.15, -0.1) is 0 Å². The van der Waals surface area contributed by atoms with Crippen LogP contribution < -0.4 is 0 Å². The maximum atomic E-state index is 10.1. The van der Waals surface area contributed by atoms with Gasteiger partial charge in [0.1, 0.15) is 11.5 Å². The van der Waals surface area contributed by atoms with Crippen molar-refractivity contribution < 1.29 is 10.2 Å². The number of aromatic hydroxyl groups is 2. The molecule has 0 spiro atoms. The molecule has 2 nitrogen and oxygen atoms in total. The van der Waals surface area contributed by atoms with Crippen LogP contribution >= 0.6 is 0 Å². The third kappa shape index (κ3) is 2.49. The van der Waals surface area contributed by atoms with E-state index in [1.165, 1.54) is 41.5 Å². The molecule has 0 unspecified atom stereocenters. The number of phenols is 2. The Morgan fingerprint density at radius 1 is 0.625 bits per heavy atom. The van der Waals surface area contributed by atoms with Gasteiger partial charge < -0.3 is 10.2 Å². The molecule has 0 atom stereocenters. The minimum Gasteiger partial charge on any atom is -0.508 e. The van der Waals surface area contributed by atoms with Gasteiger partial charge in [-0.2, -0.15) is 0 Å². The van der Waals surface area contributed by atoms with E-state index in [2.05, 4.69) is 26.0 Å². The molecule has 2 aromatic carbocycles. The highest BCUT2D eigenvalue weighted by molar-refractivity contribution is 5.55. The van der Waals surface area contributed by atoms with Gasteiger partial charge >= 0.3 is 0 Å². The second kappa shape index (κ2) is 6.16. The Kier molecular flexibility index (Phi) is 4.33. The monoisotopic (exact) mass is 324 g/mol. The summed E-state index contributed by atoms with van der Waals surface area (Å²) in [5, 5.41) is 20.2. The molecule has 1 fully saturated rings. The summed E-state index contributed by atoms with van der Waals surface area (Å²) in [5.41, 5.74) is 7.01. The van der Waals surface area contributed by atoms with Crippen LogP contribution in [0.1, 0.15) is 65.5 Å². The van der Waals surface area contributed by atoms with E-state index in [0.717, 1.165) is 24.0 Å². The molecule has 1 aliphatic rings. The van der Waals surface area contributed by atoms with Crippen molar-refractivity contribution in [3.63, 3.8) is 0 Å². The summed E-state index contributed by atoms with van der Waals surface area (Å²) >= 11 is 0. The second-order valence-electron chi connectivity index (χ2n) is 7.41. The van der Waals surface area contributed by atoms with Gasteiger partial charge in [-0.05, 0) is 86.1 Å². The second-order valence-corrected chi connectivity index (χ2v) is 7.41. The number of benzene rings is 2. The molecule has 1 saturated carbocycles. The number of phenolic OH excluding ortho intramolecular Hbond substituents is 2. The molecule has 0 amide bonds. The largest absolute Gasteiger partial charge is 0.508 e. The number of hydrogen-bond acceptors (Lipinski definition) is 2. The van der Waals surface area contributed by atoms with E-state index < -0.39 is 0 Å². The molecule has 0 saturated heterocycles. The average Bonchev–Trinajstić information content (AvgIpc) is 2.58. The molecule has 2 N–H and O–H groups in total. The first-order valence-electron chi connectivity index (χ1n) is 8.98. The van der Waals surface area contributed by atoms with Gasteiger partial charge in [-0.3, -0.25) is 0 Å². The molecule has 2 aromatic rings.